The zero-order valence-electron chi connectivity index (χ0n) is 51.9. The first-order chi connectivity index (χ1) is 43.9. The van der Waals surface area contributed by atoms with Crippen LogP contribution in [0.25, 0.3) is 10.2 Å². The standard InChI is InChI=1S/C64H72FN13O12S2/c1-10-29-77(63(86)88-32-11-2)36-42-35-43(68-55(79)47(21-14-28-67-58(66)83)69-56(80)51(38(3)4)72-61(84)90-64(6,7)8)26-25-41(42)37-89-62(85)76(9)30-15-18-40-24-27-48(45(65)34-40)87-33-17-23-50-52(57(81)82)71-60(92-50)78-31-16-19-44-39(5)53(74-75-54(44)78)73-59-70-46-20-12-13-22-49(46)91-59/h1-2,12-13,20,22,24-27,34-35,38,47,51H,14,16-17,19,21,23,28-33,36-37H2,3-9H3,(H,68,79)(H,69,80)(H,72,84)(H,81,82)(H3,66,67,83)(H,70,73,74)/t47-,51-/m0/s1. The van der Waals surface area contributed by atoms with Crippen LogP contribution in [0.15, 0.2) is 60.7 Å². The molecule has 0 saturated heterocycles. The van der Waals surface area contributed by atoms with Gasteiger partial charge in [0.1, 0.15) is 24.3 Å². The van der Waals surface area contributed by atoms with Crippen LogP contribution in [0.1, 0.15) is 103 Å². The van der Waals surface area contributed by atoms with Crippen LogP contribution in [-0.2, 0) is 49.8 Å². The largest absolute Gasteiger partial charge is 0.491 e. The highest BCUT2D eigenvalue weighted by Crippen LogP contribution is 2.39. The number of carbonyl (C=O) groups is 7. The van der Waals surface area contributed by atoms with Crippen molar-refractivity contribution in [3.8, 4) is 42.3 Å². The summed E-state index contributed by atoms with van der Waals surface area (Å²) < 4.78 is 38.4. The number of amides is 7. The number of fused-ring (bicyclic) bond motifs is 2. The van der Waals surface area contributed by atoms with Gasteiger partial charge in [0.25, 0.3) is 0 Å². The average Bonchev–Trinajstić information content (AvgIpc) is 1.41. The number of thiazole rings is 2. The predicted octanol–water partition coefficient (Wildman–Crippen LogP) is 8.77. The fraction of sp³-hybridized carbons (Fsp3) is 0.391. The van der Waals surface area contributed by atoms with Gasteiger partial charge in [0.15, 0.2) is 45.8 Å². The molecule has 0 spiro atoms. The van der Waals surface area contributed by atoms with E-state index in [1.807, 2.05) is 36.1 Å². The number of nitrogens with one attached hydrogen (secondary N) is 5. The first kappa shape index (κ1) is 69.2. The second-order valence-electron chi connectivity index (χ2n) is 22.4. The van der Waals surface area contributed by atoms with Crippen molar-refractivity contribution in [3.05, 3.63) is 105 Å². The van der Waals surface area contributed by atoms with Crippen LogP contribution in [0.2, 0.25) is 0 Å². The number of hydrogen-bond acceptors (Lipinski definition) is 19. The molecule has 2 atom stereocenters. The quantitative estimate of drug-likeness (QED) is 0.0151. The lowest BCUT2D eigenvalue weighted by atomic mass is 10.0. The molecule has 0 fully saturated rings. The van der Waals surface area contributed by atoms with Crippen molar-refractivity contribution in [3.63, 3.8) is 0 Å². The number of primary amides is 1. The number of carbonyl (C=O) groups excluding carboxylic acids is 6. The number of carboxylic acids is 1. The number of aromatic nitrogens is 4. The van der Waals surface area contributed by atoms with Gasteiger partial charge in [0.05, 0.1) is 36.5 Å². The van der Waals surface area contributed by atoms with Crippen LogP contribution in [0.3, 0.4) is 0 Å². The Morgan fingerprint density at radius 3 is 2.40 bits per heavy atom. The predicted molar refractivity (Wildman–Crippen MR) is 345 cm³/mol. The third-order valence-corrected chi connectivity index (χ3v) is 15.9. The summed E-state index contributed by atoms with van der Waals surface area (Å²) >= 11 is 2.77. The van der Waals surface area contributed by atoms with Gasteiger partial charge >= 0.3 is 30.3 Å². The number of terminal acetylenes is 2. The summed E-state index contributed by atoms with van der Waals surface area (Å²) in [5.41, 5.74) is 8.30. The molecule has 0 saturated carbocycles. The molecule has 6 aromatic rings. The van der Waals surface area contributed by atoms with E-state index in [1.54, 1.807) is 46.8 Å². The third-order valence-electron chi connectivity index (χ3n) is 13.9. The van der Waals surface area contributed by atoms with Crippen LogP contribution < -0.4 is 42.0 Å². The molecule has 0 radical (unpaired) electrons. The lowest BCUT2D eigenvalue weighted by Gasteiger charge is -2.28. The lowest BCUT2D eigenvalue weighted by molar-refractivity contribution is -0.128. The van der Waals surface area contributed by atoms with Crippen LogP contribution in [-0.4, -0.2) is 141 Å². The monoisotopic (exact) mass is 1300 g/mol. The number of carboxylic acid groups (broad SMARTS) is 1. The van der Waals surface area contributed by atoms with Crippen molar-refractivity contribution in [1.82, 2.24) is 45.9 Å². The van der Waals surface area contributed by atoms with Crippen LogP contribution >= 0.6 is 22.7 Å². The molecule has 25 nitrogen and oxygen atoms in total. The van der Waals surface area contributed by atoms with E-state index in [1.165, 1.54) is 58.9 Å². The number of alkyl carbamates (subject to hydrolysis) is 1. The number of anilines is 5. The number of aromatic carboxylic acids is 1. The maximum Gasteiger partial charge on any atom is 0.411 e. The van der Waals surface area contributed by atoms with E-state index in [0.29, 0.717) is 57.3 Å². The summed E-state index contributed by atoms with van der Waals surface area (Å²) in [6.45, 7) is 9.82. The lowest BCUT2D eigenvalue weighted by Crippen LogP contribution is -2.55. The molecule has 1 aliphatic rings. The number of halogens is 1. The van der Waals surface area contributed by atoms with Crippen molar-refractivity contribution in [2.45, 2.75) is 111 Å². The fourth-order valence-electron chi connectivity index (χ4n) is 9.32. The number of nitrogens with zero attached hydrogens (tertiary/aromatic N) is 7. The molecule has 8 N–H and O–H groups in total. The van der Waals surface area contributed by atoms with Crippen LogP contribution in [0, 0.1) is 55.2 Å². The number of aryl methyl sites for hydroxylation is 1. The zero-order chi connectivity index (χ0) is 66.6. The molecule has 0 bridgehead atoms. The Morgan fingerprint density at radius 1 is 0.913 bits per heavy atom. The Morgan fingerprint density at radius 2 is 1.70 bits per heavy atom. The molecule has 28 heteroatoms. The Balaban J connectivity index is 0.952. The maximum atomic E-state index is 15.4. The van der Waals surface area contributed by atoms with Crippen molar-refractivity contribution in [2.24, 2.45) is 11.7 Å². The molecule has 0 aliphatic carbocycles. The number of nitrogens with two attached hydrogens (primary N) is 1. The van der Waals surface area contributed by atoms with Crippen LogP contribution in [0.5, 0.6) is 5.75 Å². The summed E-state index contributed by atoms with van der Waals surface area (Å²) in [6, 6.07) is 13.5. The summed E-state index contributed by atoms with van der Waals surface area (Å²) in [6.07, 6.45) is 10.9. The number of hydrogen-bond donors (Lipinski definition) is 7. The highest BCUT2D eigenvalue weighted by molar-refractivity contribution is 7.22. The number of rotatable bonds is 26. The minimum absolute atomic E-state index is 0.0172. The second kappa shape index (κ2) is 32.5. The average molecular weight is 1300 g/mol. The fourth-order valence-corrected chi connectivity index (χ4v) is 11.3. The molecular formula is C64H72FN13O12S2. The molecular weight excluding hydrogens is 1230 g/mol. The molecule has 0 unspecified atom stereocenters. The van der Waals surface area contributed by atoms with Crippen LogP contribution in [0.4, 0.5) is 51.2 Å². The third kappa shape index (κ3) is 19.6. The summed E-state index contributed by atoms with van der Waals surface area (Å²) in [5.74, 6) is 7.78. The first-order valence-corrected chi connectivity index (χ1v) is 30.9. The van der Waals surface area contributed by atoms with Gasteiger partial charge in [-0.15, -0.1) is 34.4 Å². The van der Waals surface area contributed by atoms with Crippen molar-refractivity contribution >= 4 is 103 Å². The molecule has 3 aromatic heterocycles. The Labute approximate surface area is 539 Å². The minimum atomic E-state index is -1.21. The SMILES string of the molecule is C#CCOC(=O)N(CC#C)Cc1cc(NC(=O)[C@H](CCCNC(N)=O)NC(=O)[C@@H](NC(=O)OC(C)(C)C)C(C)C)ccc1COC(=O)N(C)CC#Cc1ccc(OCCCc2sc(N3CCCc4c3nnc(Nc3nc5ccccc5s3)c4C)nc2C(=O)O)c(F)c1. The Bertz CT molecular complexity index is 3810. The highest BCUT2D eigenvalue weighted by atomic mass is 32.1. The maximum absolute atomic E-state index is 15.4. The van der Waals surface area contributed by atoms with Gasteiger partial charge in [-0.25, -0.2) is 38.3 Å². The van der Waals surface area contributed by atoms with Gasteiger partial charge in [0, 0.05) is 47.4 Å². The van der Waals surface area contributed by atoms with Gasteiger partial charge < -0.3 is 66.2 Å². The smallest absolute Gasteiger partial charge is 0.411 e. The van der Waals surface area contributed by atoms with E-state index >= 15 is 4.39 Å². The van der Waals surface area contributed by atoms with E-state index in [9.17, 15) is 38.7 Å². The summed E-state index contributed by atoms with van der Waals surface area (Å²) in [5, 5.41) is 34.2. The van der Waals surface area contributed by atoms with Gasteiger partial charge in [-0.05, 0) is 126 Å². The molecule has 92 heavy (non-hydrogen) atoms. The Kier molecular flexibility index (Phi) is 24.4. The normalized spacial score (nSPS) is 12.3. The highest BCUT2D eigenvalue weighted by Gasteiger charge is 2.32. The molecule has 1 aliphatic heterocycles. The van der Waals surface area contributed by atoms with E-state index < -0.39 is 71.5 Å². The molecule has 484 valence electrons. The second-order valence-corrected chi connectivity index (χ2v) is 24.5. The number of urea groups is 1. The molecule has 7 amide bonds. The number of ether oxygens (including phenoxy) is 4. The summed E-state index contributed by atoms with van der Waals surface area (Å²) in [4.78, 5) is 105. The molecule has 4 heterocycles. The van der Waals surface area contributed by atoms with Gasteiger partial charge in [-0.1, -0.05) is 67.1 Å². The van der Waals surface area contributed by atoms with E-state index in [-0.39, 0.29) is 81.5 Å². The number of para-hydroxylation sites is 1. The van der Waals surface area contributed by atoms with Crippen molar-refractivity contribution < 1.29 is 62.0 Å². The van der Waals surface area contributed by atoms with Crippen molar-refractivity contribution in [2.75, 3.05) is 62.0 Å². The van der Waals surface area contributed by atoms with Crippen molar-refractivity contribution in [1.29, 1.82) is 0 Å². The van der Waals surface area contributed by atoms with Gasteiger partial charge in [0.2, 0.25) is 11.8 Å². The molecule has 3 aromatic carbocycles. The number of benzene rings is 3. The van der Waals surface area contributed by atoms with Gasteiger partial charge in [-0.2, -0.15) is 0 Å². The van der Waals surface area contributed by atoms with E-state index in [4.69, 9.17) is 37.5 Å². The topological polar surface area (TPSA) is 324 Å². The molecule has 7 rings (SSSR count). The zero-order valence-corrected chi connectivity index (χ0v) is 53.5. The summed E-state index contributed by atoms with van der Waals surface area (Å²) in [7, 11) is 1.44. The van der Waals surface area contributed by atoms with E-state index in [2.05, 4.69) is 70.4 Å². The Hall–Kier alpha value is -10.2. The first-order valence-electron chi connectivity index (χ1n) is 29.2. The van der Waals surface area contributed by atoms with Gasteiger partial charge in [-0.3, -0.25) is 14.5 Å². The minimum Gasteiger partial charge on any atom is -0.491 e. The van der Waals surface area contributed by atoms with E-state index in [0.717, 1.165) is 39.1 Å².